The van der Waals surface area contributed by atoms with Crippen LogP contribution in [0.15, 0.2) is 29.2 Å². The molecule has 0 bridgehead atoms. The lowest BCUT2D eigenvalue weighted by Crippen LogP contribution is -2.39. The van der Waals surface area contributed by atoms with Gasteiger partial charge < -0.3 is 10.4 Å². The van der Waals surface area contributed by atoms with Crippen molar-refractivity contribution in [1.29, 1.82) is 0 Å². The van der Waals surface area contributed by atoms with E-state index in [9.17, 15) is 18.0 Å². The van der Waals surface area contributed by atoms with Gasteiger partial charge in [0, 0.05) is 23.1 Å². The van der Waals surface area contributed by atoms with Gasteiger partial charge in [-0.25, -0.2) is 0 Å². The number of carbonyl (C=O) groups excluding carboxylic acids is 1. The maximum absolute atomic E-state index is 12.2. The lowest BCUT2D eigenvalue weighted by Gasteiger charge is -2.21. The monoisotopic (exact) mass is 321 g/mol. The molecule has 1 amide bonds. The van der Waals surface area contributed by atoms with Crippen LogP contribution in [-0.4, -0.2) is 29.2 Å². The van der Waals surface area contributed by atoms with Crippen LogP contribution >= 0.6 is 11.8 Å². The molecule has 3 nitrogen and oxygen atoms in total. The predicted octanol–water partition coefficient (Wildman–Crippen LogP) is 3.44. The highest BCUT2D eigenvalue weighted by Gasteiger charge is 2.29. The van der Waals surface area contributed by atoms with Crippen molar-refractivity contribution in [2.24, 2.45) is 5.92 Å². The van der Waals surface area contributed by atoms with Gasteiger partial charge in [0.25, 0.3) is 5.91 Å². The Kier molecular flexibility index (Phi) is 6.54. The number of rotatable bonds is 6. The number of thioether (sulfide) groups is 1. The topological polar surface area (TPSA) is 49.3 Å². The van der Waals surface area contributed by atoms with Gasteiger partial charge in [-0.15, -0.1) is 0 Å². The van der Waals surface area contributed by atoms with E-state index in [2.05, 4.69) is 5.32 Å². The molecule has 21 heavy (non-hydrogen) atoms. The standard InChI is InChI=1S/C14H18F3NO2S/c1-9(2)12(7-8-19)18-13(20)10-3-5-11(6-4-10)21-14(15,16)17/h3-6,9,12,19H,7-8H2,1-2H3,(H,18,20). The van der Waals surface area contributed by atoms with Crippen molar-refractivity contribution in [2.75, 3.05) is 6.61 Å². The maximum atomic E-state index is 12.2. The third-order valence-corrected chi connectivity index (χ3v) is 3.65. The highest BCUT2D eigenvalue weighted by atomic mass is 32.2. The Morgan fingerprint density at radius 3 is 2.29 bits per heavy atom. The fourth-order valence-corrected chi connectivity index (χ4v) is 2.31. The number of amides is 1. The van der Waals surface area contributed by atoms with Crippen LogP contribution in [0.25, 0.3) is 0 Å². The Morgan fingerprint density at radius 1 is 1.29 bits per heavy atom. The van der Waals surface area contributed by atoms with Gasteiger partial charge in [-0.1, -0.05) is 13.8 Å². The number of nitrogens with one attached hydrogen (secondary N) is 1. The number of hydrogen-bond donors (Lipinski definition) is 2. The van der Waals surface area contributed by atoms with Crippen molar-refractivity contribution in [3.05, 3.63) is 29.8 Å². The molecular formula is C14H18F3NO2S. The molecule has 0 aliphatic carbocycles. The van der Waals surface area contributed by atoms with Crippen molar-refractivity contribution in [3.63, 3.8) is 0 Å². The first kappa shape index (κ1) is 17.8. The Morgan fingerprint density at radius 2 is 1.86 bits per heavy atom. The van der Waals surface area contributed by atoms with Gasteiger partial charge >= 0.3 is 5.51 Å². The summed E-state index contributed by atoms with van der Waals surface area (Å²) in [5, 5.41) is 11.7. The van der Waals surface area contributed by atoms with Crippen molar-refractivity contribution in [2.45, 2.75) is 36.7 Å². The third-order valence-electron chi connectivity index (χ3n) is 2.91. The molecule has 0 heterocycles. The minimum absolute atomic E-state index is 0.0369. The first-order valence-corrected chi connectivity index (χ1v) is 7.32. The molecule has 0 saturated carbocycles. The Bertz CT molecular complexity index is 460. The molecule has 0 aromatic heterocycles. The van der Waals surface area contributed by atoms with E-state index in [-0.39, 0.29) is 41.1 Å². The number of aliphatic hydroxyl groups excluding tert-OH is 1. The average Bonchev–Trinajstić information content (AvgIpc) is 2.36. The molecule has 1 atom stereocenters. The second-order valence-corrected chi connectivity index (χ2v) is 6.05. The van der Waals surface area contributed by atoms with Gasteiger partial charge in [0.05, 0.1) is 0 Å². The predicted molar refractivity (Wildman–Crippen MR) is 76.1 cm³/mol. The summed E-state index contributed by atoms with van der Waals surface area (Å²) in [6, 6.07) is 5.08. The quantitative estimate of drug-likeness (QED) is 0.789. The van der Waals surface area contributed by atoms with Crippen LogP contribution in [0.5, 0.6) is 0 Å². The molecular weight excluding hydrogens is 303 g/mol. The third kappa shape index (κ3) is 6.39. The zero-order valence-corrected chi connectivity index (χ0v) is 12.6. The van der Waals surface area contributed by atoms with Gasteiger partial charge in [0.15, 0.2) is 0 Å². The summed E-state index contributed by atoms with van der Waals surface area (Å²) in [5.74, 6) is -0.202. The molecule has 0 aliphatic heterocycles. The molecule has 0 aliphatic rings. The summed E-state index contributed by atoms with van der Waals surface area (Å²) < 4.78 is 36.6. The number of aliphatic hydroxyl groups is 1. The Balaban J connectivity index is 2.70. The van der Waals surface area contributed by atoms with E-state index in [0.29, 0.717) is 12.0 Å². The van der Waals surface area contributed by atoms with Crippen LogP contribution < -0.4 is 5.32 Å². The van der Waals surface area contributed by atoms with E-state index in [1.165, 1.54) is 24.3 Å². The first-order valence-electron chi connectivity index (χ1n) is 6.50. The fraction of sp³-hybridized carbons (Fsp3) is 0.500. The van der Waals surface area contributed by atoms with Crippen LogP contribution in [0.1, 0.15) is 30.6 Å². The number of hydrogen-bond acceptors (Lipinski definition) is 3. The van der Waals surface area contributed by atoms with E-state index < -0.39 is 5.51 Å². The maximum Gasteiger partial charge on any atom is 0.446 e. The van der Waals surface area contributed by atoms with Gasteiger partial charge in [0.1, 0.15) is 0 Å². The number of halogens is 3. The summed E-state index contributed by atoms with van der Waals surface area (Å²) in [7, 11) is 0. The number of benzene rings is 1. The van der Waals surface area contributed by atoms with E-state index in [0.717, 1.165) is 0 Å². The highest BCUT2D eigenvalue weighted by Crippen LogP contribution is 2.36. The molecule has 1 unspecified atom stereocenters. The minimum Gasteiger partial charge on any atom is -0.396 e. The minimum atomic E-state index is -4.34. The lowest BCUT2D eigenvalue weighted by molar-refractivity contribution is -0.0328. The Labute approximate surface area is 125 Å². The summed E-state index contributed by atoms with van der Waals surface area (Å²) in [6.45, 7) is 3.80. The second kappa shape index (κ2) is 7.70. The Hall–Kier alpha value is -1.21. The van der Waals surface area contributed by atoms with Gasteiger partial charge in [-0.3, -0.25) is 4.79 Å². The lowest BCUT2D eigenvalue weighted by atomic mass is 10.0. The molecule has 0 radical (unpaired) electrons. The van der Waals surface area contributed by atoms with E-state index in [4.69, 9.17) is 5.11 Å². The highest BCUT2D eigenvalue weighted by molar-refractivity contribution is 8.00. The zero-order chi connectivity index (χ0) is 16.0. The number of alkyl halides is 3. The molecule has 7 heteroatoms. The summed E-state index contributed by atoms with van der Waals surface area (Å²) in [4.78, 5) is 12.0. The number of carbonyl (C=O) groups is 1. The summed E-state index contributed by atoms with van der Waals surface area (Å²) >= 11 is -0.217. The molecule has 118 valence electrons. The van der Waals surface area contributed by atoms with Crippen LogP contribution in [0.3, 0.4) is 0 Å². The van der Waals surface area contributed by atoms with E-state index >= 15 is 0 Å². The molecule has 1 aromatic carbocycles. The zero-order valence-electron chi connectivity index (χ0n) is 11.8. The van der Waals surface area contributed by atoms with Crippen LogP contribution in [-0.2, 0) is 0 Å². The first-order chi connectivity index (χ1) is 9.73. The van der Waals surface area contributed by atoms with Gasteiger partial charge in [-0.2, -0.15) is 13.2 Å². The van der Waals surface area contributed by atoms with Crippen molar-refractivity contribution in [3.8, 4) is 0 Å². The van der Waals surface area contributed by atoms with Gasteiger partial charge in [-0.05, 0) is 48.4 Å². The molecule has 0 spiro atoms. The normalized spacial score (nSPS) is 13.3. The van der Waals surface area contributed by atoms with Crippen molar-refractivity contribution >= 4 is 17.7 Å². The average molecular weight is 321 g/mol. The second-order valence-electron chi connectivity index (χ2n) is 4.91. The van der Waals surface area contributed by atoms with Crippen molar-refractivity contribution in [1.82, 2.24) is 5.32 Å². The fourth-order valence-electron chi connectivity index (χ4n) is 1.77. The SMILES string of the molecule is CC(C)C(CCO)NC(=O)c1ccc(SC(F)(F)F)cc1. The molecule has 0 fully saturated rings. The smallest absolute Gasteiger partial charge is 0.396 e. The summed E-state index contributed by atoms with van der Waals surface area (Å²) in [5.41, 5.74) is -4.04. The van der Waals surface area contributed by atoms with Crippen LogP contribution in [0.4, 0.5) is 13.2 Å². The van der Waals surface area contributed by atoms with Crippen LogP contribution in [0, 0.1) is 5.92 Å². The largest absolute Gasteiger partial charge is 0.446 e. The molecule has 2 N–H and O–H groups in total. The molecule has 1 rings (SSSR count). The van der Waals surface area contributed by atoms with Crippen molar-refractivity contribution < 1.29 is 23.1 Å². The van der Waals surface area contributed by atoms with Crippen LogP contribution in [0.2, 0.25) is 0 Å². The molecule has 1 aromatic rings. The molecule has 0 saturated heterocycles. The summed E-state index contributed by atoms with van der Waals surface area (Å²) in [6.07, 6.45) is 0.436. The van der Waals surface area contributed by atoms with Gasteiger partial charge in [0.2, 0.25) is 0 Å². The van der Waals surface area contributed by atoms with E-state index in [1.807, 2.05) is 13.8 Å². The van der Waals surface area contributed by atoms with E-state index in [1.54, 1.807) is 0 Å².